The summed E-state index contributed by atoms with van der Waals surface area (Å²) in [6.07, 6.45) is 3.63. The van der Waals surface area contributed by atoms with Gasteiger partial charge in [0.15, 0.2) is 5.96 Å². The highest BCUT2D eigenvalue weighted by molar-refractivity contribution is 14.0. The third-order valence-electron chi connectivity index (χ3n) is 2.99. The normalized spacial score (nSPS) is 10.9. The van der Waals surface area contributed by atoms with Crippen LogP contribution in [0.1, 0.15) is 39.5 Å². The number of aliphatic imine (C=N–C) groups is 1. The number of hydrogen-bond donors (Lipinski definition) is 3. The van der Waals surface area contributed by atoms with Crippen molar-refractivity contribution in [1.29, 1.82) is 0 Å². The van der Waals surface area contributed by atoms with Crippen LogP contribution in [0.5, 0.6) is 0 Å². The first kappa shape index (κ1) is 25.6. The van der Waals surface area contributed by atoms with Gasteiger partial charge in [-0.2, -0.15) is 0 Å². The van der Waals surface area contributed by atoms with E-state index in [-0.39, 0.29) is 29.9 Å². The fourth-order valence-electron chi connectivity index (χ4n) is 1.68. The van der Waals surface area contributed by atoms with Gasteiger partial charge in [0.05, 0.1) is 19.8 Å². The molecule has 7 nitrogen and oxygen atoms in total. The Hall–Kier alpha value is -0.610. The van der Waals surface area contributed by atoms with E-state index in [4.69, 9.17) is 9.47 Å². The lowest BCUT2D eigenvalue weighted by Crippen LogP contribution is -2.40. The molecule has 0 atom stereocenters. The molecule has 0 aliphatic heterocycles. The lowest BCUT2D eigenvalue weighted by molar-refractivity contribution is -0.120. The van der Waals surface area contributed by atoms with Crippen molar-refractivity contribution in [1.82, 2.24) is 16.0 Å². The Morgan fingerprint density at radius 2 is 1.54 bits per heavy atom. The number of nitrogens with one attached hydrogen (secondary N) is 3. The van der Waals surface area contributed by atoms with Gasteiger partial charge in [-0.15, -0.1) is 24.0 Å². The van der Waals surface area contributed by atoms with E-state index in [1.165, 1.54) is 0 Å². The van der Waals surface area contributed by atoms with Crippen LogP contribution < -0.4 is 16.0 Å². The van der Waals surface area contributed by atoms with Crippen molar-refractivity contribution in [3.8, 4) is 0 Å². The van der Waals surface area contributed by atoms with Crippen LogP contribution in [0.4, 0.5) is 0 Å². The number of guanidine groups is 1. The molecule has 0 radical (unpaired) electrons. The highest BCUT2D eigenvalue weighted by atomic mass is 127. The van der Waals surface area contributed by atoms with Crippen LogP contribution in [-0.4, -0.2) is 65.0 Å². The summed E-state index contributed by atoms with van der Waals surface area (Å²) >= 11 is 0. The molecule has 0 fully saturated rings. The molecule has 0 aliphatic carbocycles. The van der Waals surface area contributed by atoms with Crippen LogP contribution >= 0.6 is 24.0 Å². The van der Waals surface area contributed by atoms with Crippen LogP contribution in [0.3, 0.4) is 0 Å². The summed E-state index contributed by atoms with van der Waals surface area (Å²) in [6, 6.07) is 0. The largest absolute Gasteiger partial charge is 0.379 e. The van der Waals surface area contributed by atoms with E-state index in [0.29, 0.717) is 45.3 Å². The van der Waals surface area contributed by atoms with Gasteiger partial charge in [0, 0.05) is 39.7 Å². The maximum Gasteiger partial charge on any atom is 0.221 e. The quantitative estimate of drug-likeness (QED) is 0.159. The van der Waals surface area contributed by atoms with Crippen molar-refractivity contribution in [2.75, 3.05) is 53.1 Å². The summed E-state index contributed by atoms with van der Waals surface area (Å²) in [7, 11) is 1.70. The predicted octanol–water partition coefficient (Wildman–Crippen LogP) is 1.52. The Bertz CT molecular complexity index is 318. The van der Waals surface area contributed by atoms with Crippen molar-refractivity contribution in [3.05, 3.63) is 0 Å². The van der Waals surface area contributed by atoms with E-state index < -0.39 is 0 Å². The molecule has 1 amide bonds. The molecule has 0 heterocycles. The fourth-order valence-corrected chi connectivity index (χ4v) is 1.68. The average molecular weight is 458 g/mol. The molecule has 0 aromatic rings. The maximum atomic E-state index is 11.5. The number of ether oxygens (including phenoxy) is 2. The van der Waals surface area contributed by atoms with Gasteiger partial charge in [0.2, 0.25) is 5.91 Å². The molecule has 8 heteroatoms. The molecule has 24 heavy (non-hydrogen) atoms. The second-order valence-corrected chi connectivity index (χ2v) is 5.10. The van der Waals surface area contributed by atoms with E-state index in [1.807, 2.05) is 6.92 Å². The first-order chi connectivity index (χ1) is 11.2. The SMILES string of the molecule is CCCCOCCOCCNC(=NC)NCCC(=O)NCCC.I. The lowest BCUT2D eigenvalue weighted by Gasteiger charge is -2.12. The second kappa shape index (κ2) is 20.4. The van der Waals surface area contributed by atoms with E-state index in [1.54, 1.807) is 7.05 Å². The monoisotopic (exact) mass is 458 g/mol. The molecule has 0 unspecified atom stereocenters. The molecular formula is C16H35IN4O3. The molecule has 0 bridgehead atoms. The third kappa shape index (κ3) is 17.7. The molecule has 0 spiro atoms. The molecule has 0 saturated heterocycles. The summed E-state index contributed by atoms with van der Waals surface area (Å²) in [5, 5.41) is 9.08. The third-order valence-corrected chi connectivity index (χ3v) is 2.99. The standard InChI is InChI=1S/C16H34N4O3.HI/c1-4-6-11-22-13-14-23-12-10-20-16(17-3)19-9-7-15(21)18-8-5-2;/h4-14H2,1-3H3,(H,18,21)(H2,17,19,20);1H. The minimum absolute atomic E-state index is 0. The van der Waals surface area contributed by atoms with Crippen LogP contribution in [0.2, 0.25) is 0 Å². The number of rotatable bonds is 14. The van der Waals surface area contributed by atoms with Crippen LogP contribution in [-0.2, 0) is 14.3 Å². The van der Waals surface area contributed by atoms with Gasteiger partial charge in [0.1, 0.15) is 0 Å². The van der Waals surface area contributed by atoms with E-state index in [9.17, 15) is 4.79 Å². The van der Waals surface area contributed by atoms with Crippen LogP contribution in [0.25, 0.3) is 0 Å². The van der Waals surface area contributed by atoms with E-state index in [2.05, 4.69) is 27.9 Å². The molecule has 0 saturated carbocycles. The lowest BCUT2D eigenvalue weighted by atomic mass is 10.4. The summed E-state index contributed by atoms with van der Waals surface area (Å²) in [4.78, 5) is 15.6. The van der Waals surface area contributed by atoms with Gasteiger partial charge in [-0.25, -0.2) is 0 Å². The first-order valence-electron chi connectivity index (χ1n) is 8.61. The zero-order valence-corrected chi connectivity index (χ0v) is 17.7. The maximum absolute atomic E-state index is 11.5. The van der Waals surface area contributed by atoms with Crippen LogP contribution in [0, 0.1) is 0 Å². The zero-order chi connectivity index (χ0) is 17.2. The van der Waals surface area contributed by atoms with E-state index in [0.717, 1.165) is 32.4 Å². The Balaban J connectivity index is 0. The van der Waals surface area contributed by atoms with Crippen molar-refractivity contribution >= 4 is 35.8 Å². The molecule has 144 valence electrons. The van der Waals surface area contributed by atoms with Gasteiger partial charge >= 0.3 is 0 Å². The van der Waals surface area contributed by atoms with Gasteiger partial charge in [-0.05, 0) is 12.8 Å². The molecule has 0 aliphatic rings. The number of halogens is 1. The van der Waals surface area contributed by atoms with Crippen molar-refractivity contribution < 1.29 is 14.3 Å². The summed E-state index contributed by atoms with van der Waals surface area (Å²) in [6.45, 7) is 8.77. The van der Waals surface area contributed by atoms with Crippen LogP contribution in [0.15, 0.2) is 4.99 Å². The minimum Gasteiger partial charge on any atom is -0.379 e. The number of carbonyl (C=O) groups excluding carboxylic acids is 1. The highest BCUT2D eigenvalue weighted by Gasteiger charge is 2.01. The topological polar surface area (TPSA) is 84.0 Å². The summed E-state index contributed by atoms with van der Waals surface area (Å²) in [5.74, 6) is 0.734. The minimum atomic E-state index is 0. The molecule has 0 aromatic carbocycles. The molecular weight excluding hydrogens is 423 g/mol. The summed E-state index contributed by atoms with van der Waals surface area (Å²) in [5.41, 5.74) is 0. The predicted molar refractivity (Wildman–Crippen MR) is 109 cm³/mol. The second-order valence-electron chi connectivity index (χ2n) is 5.10. The van der Waals surface area contributed by atoms with Crippen molar-refractivity contribution in [2.24, 2.45) is 4.99 Å². The van der Waals surface area contributed by atoms with Gasteiger partial charge in [-0.3, -0.25) is 9.79 Å². The molecule has 0 rings (SSSR count). The Morgan fingerprint density at radius 3 is 2.17 bits per heavy atom. The number of carbonyl (C=O) groups is 1. The summed E-state index contributed by atoms with van der Waals surface area (Å²) < 4.78 is 10.9. The number of amides is 1. The molecule has 3 N–H and O–H groups in total. The Morgan fingerprint density at radius 1 is 0.875 bits per heavy atom. The number of nitrogens with zero attached hydrogens (tertiary/aromatic N) is 1. The number of unbranched alkanes of at least 4 members (excludes halogenated alkanes) is 1. The van der Waals surface area contributed by atoms with Gasteiger partial charge < -0.3 is 25.4 Å². The van der Waals surface area contributed by atoms with Gasteiger partial charge in [-0.1, -0.05) is 20.3 Å². The van der Waals surface area contributed by atoms with Gasteiger partial charge in [0.25, 0.3) is 0 Å². The van der Waals surface area contributed by atoms with E-state index >= 15 is 0 Å². The average Bonchev–Trinajstić information content (AvgIpc) is 2.56. The highest BCUT2D eigenvalue weighted by Crippen LogP contribution is 1.87. The van der Waals surface area contributed by atoms with Crippen molar-refractivity contribution in [2.45, 2.75) is 39.5 Å². The Labute approximate surface area is 163 Å². The first-order valence-corrected chi connectivity index (χ1v) is 8.61. The smallest absolute Gasteiger partial charge is 0.221 e. The van der Waals surface area contributed by atoms with Crippen molar-refractivity contribution in [3.63, 3.8) is 0 Å². The number of hydrogen-bond acceptors (Lipinski definition) is 4. The fraction of sp³-hybridized carbons (Fsp3) is 0.875. The molecule has 0 aromatic heterocycles. The zero-order valence-electron chi connectivity index (χ0n) is 15.4. The Kier molecular flexibility index (Phi) is 21.8.